The van der Waals surface area contributed by atoms with E-state index in [0.29, 0.717) is 5.56 Å². The van der Waals surface area contributed by atoms with E-state index < -0.39 is 17.3 Å². The van der Waals surface area contributed by atoms with Crippen LogP contribution in [0.4, 0.5) is 4.39 Å². The Morgan fingerprint density at radius 2 is 1.88 bits per heavy atom. The molecule has 0 bridgehead atoms. The molecule has 2 rings (SSSR count). The Morgan fingerprint density at radius 1 is 1.19 bits per heavy atom. The molecule has 0 atom stereocenters. The van der Waals surface area contributed by atoms with Crippen LogP contribution in [-0.2, 0) is 0 Å². The lowest BCUT2D eigenvalue weighted by molar-refractivity contribution is 0.0691. The van der Waals surface area contributed by atoms with Gasteiger partial charge in [0, 0.05) is 18.0 Å². The lowest BCUT2D eigenvalue weighted by Gasteiger charge is -2.04. The summed E-state index contributed by atoms with van der Waals surface area (Å²) in [6.07, 6.45) is 2.32. The lowest BCUT2D eigenvalue weighted by Crippen LogP contribution is -2.02. The Morgan fingerprint density at radius 3 is 2.50 bits per heavy atom. The molecule has 0 aliphatic heterocycles. The average Bonchev–Trinajstić information content (AvgIpc) is 2.30. The summed E-state index contributed by atoms with van der Waals surface area (Å²) in [6, 6.07) is 8.71. The molecule has 16 heavy (non-hydrogen) atoms. The van der Waals surface area contributed by atoms with Crippen LogP contribution < -0.4 is 0 Å². The molecule has 0 aliphatic rings. The van der Waals surface area contributed by atoms with E-state index in [-0.39, 0.29) is 5.56 Å². The number of rotatable bonds is 2. The molecule has 0 saturated heterocycles. The highest BCUT2D eigenvalue weighted by molar-refractivity contribution is 5.89. The van der Waals surface area contributed by atoms with Gasteiger partial charge in [0.2, 0.25) is 0 Å². The molecule has 3 nitrogen and oxygen atoms in total. The smallest absolute Gasteiger partial charge is 0.340 e. The van der Waals surface area contributed by atoms with Crippen LogP contribution in [0.5, 0.6) is 0 Å². The van der Waals surface area contributed by atoms with Crippen LogP contribution in [0.2, 0.25) is 0 Å². The summed E-state index contributed by atoms with van der Waals surface area (Å²) in [5, 5.41) is 8.76. The van der Waals surface area contributed by atoms with Gasteiger partial charge in [-0.15, -0.1) is 0 Å². The van der Waals surface area contributed by atoms with Crippen molar-refractivity contribution in [3.63, 3.8) is 0 Å². The van der Waals surface area contributed by atoms with Crippen molar-refractivity contribution in [2.75, 3.05) is 0 Å². The summed E-state index contributed by atoms with van der Waals surface area (Å²) in [5.74, 6) is -2.07. The Bertz CT molecular complexity index is 526. The third-order valence-corrected chi connectivity index (χ3v) is 2.20. The molecule has 1 heterocycles. The minimum Gasteiger partial charge on any atom is -0.478 e. The molecule has 4 heteroatoms. The summed E-state index contributed by atoms with van der Waals surface area (Å²) in [6.45, 7) is 0. The highest BCUT2D eigenvalue weighted by atomic mass is 19.1. The third kappa shape index (κ3) is 1.77. The molecule has 0 spiro atoms. The van der Waals surface area contributed by atoms with E-state index in [9.17, 15) is 9.18 Å². The van der Waals surface area contributed by atoms with Gasteiger partial charge in [0.15, 0.2) is 0 Å². The first kappa shape index (κ1) is 10.3. The predicted molar refractivity (Wildman–Crippen MR) is 56.6 cm³/mol. The monoisotopic (exact) mass is 217 g/mol. The zero-order valence-corrected chi connectivity index (χ0v) is 8.22. The number of aromatic carboxylic acids is 1. The maximum atomic E-state index is 13.8. The van der Waals surface area contributed by atoms with Gasteiger partial charge in [-0.2, -0.15) is 0 Å². The maximum Gasteiger partial charge on any atom is 0.340 e. The van der Waals surface area contributed by atoms with Gasteiger partial charge in [-0.1, -0.05) is 30.3 Å². The number of carbonyl (C=O) groups is 1. The van der Waals surface area contributed by atoms with Gasteiger partial charge >= 0.3 is 5.97 Å². The van der Waals surface area contributed by atoms with E-state index in [2.05, 4.69) is 4.98 Å². The summed E-state index contributed by atoms with van der Waals surface area (Å²) in [5.41, 5.74) is 0.387. The fraction of sp³-hybridized carbons (Fsp3) is 0. The van der Waals surface area contributed by atoms with Gasteiger partial charge in [-0.25, -0.2) is 9.18 Å². The molecule has 1 aromatic heterocycles. The molecule has 1 N–H and O–H groups in total. The number of hydrogen-bond acceptors (Lipinski definition) is 2. The van der Waals surface area contributed by atoms with E-state index in [4.69, 9.17) is 5.11 Å². The van der Waals surface area contributed by atoms with Crippen molar-refractivity contribution in [1.29, 1.82) is 0 Å². The number of nitrogens with zero attached hydrogens (tertiary/aromatic N) is 1. The predicted octanol–water partition coefficient (Wildman–Crippen LogP) is 2.59. The quantitative estimate of drug-likeness (QED) is 0.841. The number of carboxylic acids is 1. The Hall–Kier alpha value is -2.23. The topological polar surface area (TPSA) is 50.2 Å². The molecule has 0 aliphatic carbocycles. The van der Waals surface area contributed by atoms with E-state index in [1.165, 1.54) is 6.20 Å². The zero-order chi connectivity index (χ0) is 11.5. The van der Waals surface area contributed by atoms with Crippen molar-refractivity contribution < 1.29 is 14.3 Å². The number of hydrogen-bond donors (Lipinski definition) is 1. The van der Waals surface area contributed by atoms with Gasteiger partial charge < -0.3 is 5.11 Å². The summed E-state index contributed by atoms with van der Waals surface area (Å²) in [7, 11) is 0. The second-order valence-electron chi connectivity index (χ2n) is 3.22. The van der Waals surface area contributed by atoms with Crippen molar-refractivity contribution >= 4 is 5.97 Å². The van der Waals surface area contributed by atoms with Gasteiger partial charge in [0.1, 0.15) is 11.4 Å². The summed E-state index contributed by atoms with van der Waals surface area (Å²) >= 11 is 0. The second-order valence-corrected chi connectivity index (χ2v) is 3.22. The normalized spacial score (nSPS) is 10.1. The summed E-state index contributed by atoms with van der Waals surface area (Å²) in [4.78, 5) is 14.4. The molecule has 0 radical (unpaired) electrons. The molecule has 0 fully saturated rings. The zero-order valence-electron chi connectivity index (χ0n) is 8.22. The first-order valence-corrected chi connectivity index (χ1v) is 4.62. The van der Waals surface area contributed by atoms with Crippen LogP contribution in [0, 0.1) is 5.82 Å². The van der Waals surface area contributed by atoms with Gasteiger partial charge in [-0.3, -0.25) is 4.98 Å². The van der Waals surface area contributed by atoms with Gasteiger partial charge in [0.05, 0.1) is 0 Å². The fourth-order valence-corrected chi connectivity index (χ4v) is 1.41. The van der Waals surface area contributed by atoms with Crippen LogP contribution in [-0.4, -0.2) is 16.1 Å². The average molecular weight is 217 g/mol. The molecule has 80 valence electrons. The largest absolute Gasteiger partial charge is 0.478 e. The van der Waals surface area contributed by atoms with E-state index in [1.54, 1.807) is 30.3 Å². The standard InChI is InChI=1S/C12H8FNO2/c13-11-9(8-4-2-1-3-5-8)6-14-7-10(11)12(15)16/h1-7H,(H,15,16). The molecular weight excluding hydrogens is 209 g/mol. The van der Waals surface area contributed by atoms with Crippen molar-refractivity contribution in [1.82, 2.24) is 4.98 Å². The molecule has 0 saturated carbocycles. The highest BCUT2D eigenvalue weighted by Crippen LogP contribution is 2.23. The number of benzene rings is 1. The van der Waals surface area contributed by atoms with E-state index in [0.717, 1.165) is 6.20 Å². The van der Waals surface area contributed by atoms with Gasteiger partial charge in [0.25, 0.3) is 0 Å². The van der Waals surface area contributed by atoms with Crippen molar-refractivity contribution in [3.8, 4) is 11.1 Å². The molecule has 1 aromatic carbocycles. The first-order valence-electron chi connectivity index (χ1n) is 4.62. The number of pyridine rings is 1. The van der Waals surface area contributed by atoms with Crippen LogP contribution in [0.25, 0.3) is 11.1 Å². The number of carboxylic acid groups (broad SMARTS) is 1. The highest BCUT2D eigenvalue weighted by Gasteiger charge is 2.15. The van der Waals surface area contributed by atoms with Crippen LogP contribution in [0.1, 0.15) is 10.4 Å². The molecular formula is C12H8FNO2. The minimum absolute atomic E-state index is 0.195. The van der Waals surface area contributed by atoms with Crippen molar-refractivity contribution in [3.05, 3.63) is 54.1 Å². The fourth-order valence-electron chi connectivity index (χ4n) is 1.41. The van der Waals surface area contributed by atoms with Gasteiger partial charge in [-0.05, 0) is 5.56 Å². The van der Waals surface area contributed by atoms with E-state index >= 15 is 0 Å². The molecule has 0 unspecified atom stereocenters. The molecule has 2 aromatic rings. The number of aromatic nitrogens is 1. The SMILES string of the molecule is O=C(O)c1cncc(-c2ccccc2)c1F. The van der Waals surface area contributed by atoms with Crippen LogP contribution >= 0.6 is 0 Å². The van der Waals surface area contributed by atoms with Crippen molar-refractivity contribution in [2.24, 2.45) is 0 Å². The Labute approximate surface area is 91.2 Å². The third-order valence-electron chi connectivity index (χ3n) is 2.20. The lowest BCUT2D eigenvalue weighted by atomic mass is 10.1. The summed E-state index contributed by atoms with van der Waals surface area (Å²) < 4.78 is 13.8. The second kappa shape index (κ2) is 4.10. The Balaban J connectivity index is 2.59. The molecule has 0 amide bonds. The van der Waals surface area contributed by atoms with Crippen LogP contribution in [0.15, 0.2) is 42.7 Å². The Kier molecular flexibility index (Phi) is 2.64. The van der Waals surface area contributed by atoms with E-state index in [1.807, 2.05) is 0 Å². The first-order chi connectivity index (χ1) is 7.70. The minimum atomic E-state index is -1.32. The van der Waals surface area contributed by atoms with Crippen molar-refractivity contribution in [2.45, 2.75) is 0 Å². The van der Waals surface area contributed by atoms with Crippen LogP contribution in [0.3, 0.4) is 0 Å². The maximum absolute atomic E-state index is 13.8. The number of halogens is 1.